The van der Waals surface area contributed by atoms with Crippen LogP contribution in [-0.4, -0.2) is 17.9 Å². The number of β-lactam (4-membered cyclic amide) rings is 1. The Labute approximate surface area is 141 Å². The Morgan fingerprint density at radius 2 is 1.75 bits per heavy atom. The summed E-state index contributed by atoms with van der Waals surface area (Å²) in [4.78, 5) is 23.1. The second kappa shape index (κ2) is 7.13. The zero-order valence-electron chi connectivity index (χ0n) is 13.6. The zero-order valence-corrected chi connectivity index (χ0v) is 13.6. The van der Waals surface area contributed by atoms with E-state index in [1.807, 2.05) is 25.1 Å². The zero-order chi connectivity index (χ0) is 16.9. The Kier molecular flexibility index (Phi) is 4.75. The molecule has 1 unspecified atom stereocenters. The molecule has 0 saturated carbocycles. The third-order valence-corrected chi connectivity index (χ3v) is 4.17. The summed E-state index contributed by atoms with van der Waals surface area (Å²) in [6, 6.07) is 18.5. The first-order chi connectivity index (χ1) is 11.6. The quantitative estimate of drug-likeness (QED) is 0.657. The Hall–Kier alpha value is -2.88. The number of aryl methyl sites for hydroxylation is 1. The first kappa shape index (κ1) is 16.0. The van der Waals surface area contributed by atoms with Gasteiger partial charge in [-0.05, 0) is 30.0 Å². The van der Waals surface area contributed by atoms with E-state index in [0.717, 1.165) is 5.56 Å². The number of amides is 2. The molecule has 1 atom stereocenters. The molecule has 4 nitrogen and oxygen atoms in total. The number of rotatable bonds is 5. The van der Waals surface area contributed by atoms with Crippen LogP contribution in [-0.2, 0) is 16.0 Å². The fourth-order valence-electron chi connectivity index (χ4n) is 2.65. The molecule has 0 radical (unpaired) electrons. The molecule has 1 saturated heterocycles. The minimum absolute atomic E-state index is 0.0170. The molecule has 2 aromatic rings. The molecule has 24 heavy (non-hydrogen) atoms. The summed E-state index contributed by atoms with van der Waals surface area (Å²) in [6.07, 6.45) is 2.58. The molecule has 4 heteroatoms. The molecule has 0 bridgehead atoms. The monoisotopic (exact) mass is 320 g/mol. The molecule has 1 heterocycles. The molecule has 0 aromatic heterocycles. The maximum absolute atomic E-state index is 11.9. The Balaban J connectivity index is 1.51. The molecule has 122 valence electrons. The second-order valence-corrected chi connectivity index (χ2v) is 5.93. The summed E-state index contributed by atoms with van der Waals surface area (Å²) < 4.78 is 0. The molecule has 2 amide bonds. The van der Waals surface area contributed by atoms with Crippen molar-refractivity contribution in [1.29, 1.82) is 0 Å². The van der Waals surface area contributed by atoms with E-state index >= 15 is 0 Å². The van der Waals surface area contributed by atoms with Gasteiger partial charge in [-0.1, -0.05) is 54.6 Å². The van der Waals surface area contributed by atoms with Gasteiger partial charge in [-0.15, -0.1) is 0 Å². The van der Waals surface area contributed by atoms with Gasteiger partial charge in [0.1, 0.15) is 0 Å². The smallest absolute Gasteiger partial charge is 0.251 e. The van der Waals surface area contributed by atoms with Crippen LogP contribution in [0.4, 0.5) is 0 Å². The molecule has 1 aliphatic rings. The summed E-state index contributed by atoms with van der Waals surface area (Å²) in [5.41, 5.74) is 4.09. The molecular formula is C20H20N2O2. The maximum atomic E-state index is 11.9. The van der Waals surface area contributed by atoms with Crippen molar-refractivity contribution < 1.29 is 9.59 Å². The minimum atomic E-state index is -0.112. The van der Waals surface area contributed by atoms with Gasteiger partial charge in [0.05, 0.1) is 11.6 Å². The molecule has 0 aliphatic carbocycles. The van der Waals surface area contributed by atoms with Crippen LogP contribution in [0.3, 0.4) is 0 Å². The van der Waals surface area contributed by atoms with Crippen LogP contribution in [0.5, 0.6) is 0 Å². The normalized spacial score (nSPS) is 18.0. The van der Waals surface area contributed by atoms with Crippen LogP contribution in [0, 0.1) is 0 Å². The number of carbonyl (C=O) groups excluding carboxylic acids is 2. The van der Waals surface area contributed by atoms with Gasteiger partial charge in [0, 0.05) is 12.6 Å². The topological polar surface area (TPSA) is 58.2 Å². The summed E-state index contributed by atoms with van der Waals surface area (Å²) >= 11 is 0. The van der Waals surface area contributed by atoms with Crippen molar-refractivity contribution in [2.24, 2.45) is 0 Å². The highest BCUT2D eigenvalue weighted by atomic mass is 16.2. The van der Waals surface area contributed by atoms with Gasteiger partial charge in [-0.25, -0.2) is 0 Å². The van der Waals surface area contributed by atoms with Gasteiger partial charge >= 0.3 is 0 Å². The van der Waals surface area contributed by atoms with E-state index in [-0.39, 0.29) is 17.9 Å². The number of benzene rings is 2. The van der Waals surface area contributed by atoms with Gasteiger partial charge in [0.25, 0.3) is 5.91 Å². The van der Waals surface area contributed by atoms with E-state index in [4.69, 9.17) is 0 Å². The van der Waals surface area contributed by atoms with Crippen molar-refractivity contribution in [1.82, 2.24) is 10.6 Å². The summed E-state index contributed by atoms with van der Waals surface area (Å²) in [7, 11) is 0. The first-order valence-electron chi connectivity index (χ1n) is 8.08. The molecule has 1 aliphatic heterocycles. The Morgan fingerprint density at radius 3 is 2.38 bits per heavy atom. The molecular weight excluding hydrogens is 300 g/mol. The fourth-order valence-corrected chi connectivity index (χ4v) is 2.65. The number of nitrogens with one attached hydrogen (secondary N) is 2. The van der Waals surface area contributed by atoms with Crippen LogP contribution in [0.2, 0.25) is 0 Å². The Bertz CT molecular complexity index is 764. The van der Waals surface area contributed by atoms with Crippen molar-refractivity contribution in [3.8, 4) is 11.1 Å². The predicted molar refractivity (Wildman–Crippen MR) is 94.0 cm³/mol. The van der Waals surface area contributed by atoms with Gasteiger partial charge < -0.3 is 10.6 Å². The van der Waals surface area contributed by atoms with E-state index in [1.54, 1.807) is 0 Å². The highest BCUT2D eigenvalue weighted by molar-refractivity contribution is 6.01. The molecule has 0 spiro atoms. The molecule has 2 N–H and O–H groups in total. The number of hydrogen-bond acceptors (Lipinski definition) is 2. The summed E-state index contributed by atoms with van der Waals surface area (Å²) in [6.45, 7) is 1.88. The van der Waals surface area contributed by atoms with Crippen molar-refractivity contribution in [3.63, 3.8) is 0 Å². The SMILES string of the molecule is CC1NC(=O)C1=CNC(=O)CCc1ccc(-c2ccccc2)cc1. The van der Waals surface area contributed by atoms with Crippen LogP contribution in [0.1, 0.15) is 18.9 Å². The average molecular weight is 320 g/mol. The minimum Gasteiger partial charge on any atom is -0.345 e. The third-order valence-electron chi connectivity index (χ3n) is 4.17. The third kappa shape index (κ3) is 3.71. The highest BCUT2D eigenvalue weighted by Crippen LogP contribution is 2.19. The first-order valence-corrected chi connectivity index (χ1v) is 8.08. The van der Waals surface area contributed by atoms with Crippen LogP contribution in [0.25, 0.3) is 11.1 Å². The van der Waals surface area contributed by atoms with Crippen LogP contribution < -0.4 is 10.6 Å². The predicted octanol–water partition coefficient (Wildman–Crippen LogP) is 2.80. The van der Waals surface area contributed by atoms with Crippen molar-refractivity contribution in [2.45, 2.75) is 25.8 Å². The van der Waals surface area contributed by atoms with Crippen molar-refractivity contribution in [3.05, 3.63) is 71.9 Å². The van der Waals surface area contributed by atoms with E-state index in [9.17, 15) is 9.59 Å². The fraction of sp³-hybridized carbons (Fsp3) is 0.200. The molecule has 3 rings (SSSR count). The standard InChI is InChI=1S/C20H20N2O2/c1-14-18(20(24)22-14)13-21-19(23)12-9-15-7-10-17(11-8-15)16-5-3-2-4-6-16/h2-8,10-11,13-14H,9,12H2,1H3,(H,21,23)(H,22,24). The van der Waals surface area contributed by atoms with E-state index in [0.29, 0.717) is 18.4 Å². The van der Waals surface area contributed by atoms with Gasteiger partial charge in [0.2, 0.25) is 5.91 Å². The number of hydrogen-bond donors (Lipinski definition) is 2. The van der Waals surface area contributed by atoms with Crippen LogP contribution >= 0.6 is 0 Å². The van der Waals surface area contributed by atoms with Gasteiger partial charge in [-0.2, -0.15) is 0 Å². The van der Waals surface area contributed by atoms with Crippen molar-refractivity contribution in [2.75, 3.05) is 0 Å². The lowest BCUT2D eigenvalue weighted by Gasteiger charge is -2.26. The maximum Gasteiger partial charge on any atom is 0.251 e. The summed E-state index contributed by atoms with van der Waals surface area (Å²) in [5.74, 6) is -0.194. The van der Waals surface area contributed by atoms with Gasteiger partial charge in [-0.3, -0.25) is 9.59 Å². The van der Waals surface area contributed by atoms with Crippen LogP contribution in [0.15, 0.2) is 66.4 Å². The van der Waals surface area contributed by atoms with Gasteiger partial charge in [0.15, 0.2) is 0 Å². The average Bonchev–Trinajstić information content (AvgIpc) is 2.61. The lowest BCUT2D eigenvalue weighted by Crippen LogP contribution is -2.50. The summed E-state index contributed by atoms with van der Waals surface area (Å²) in [5, 5.41) is 5.39. The van der Waals surface area contributed by atoms with Crippen molar-refractivity contribution >= 4 is 11.8 Å². The molecule has 1 fully saturated rings. The lowest BCUT2D eigenvalue weighted by atomic mass is 10.0. The van der Waals surface area contributed by atoms with E-state index in [2.05, 4.69) is 47.0 Å². The second-order valence-electron chi connectivity index (χ2n) is 5.93. The largest absolute Gasteiger partial charge is 0.345 e. The lowest BCUT2D eigenvalue weighted by molar-refractivity contribution is -0.122. The highest BCUT2D eigenvalue weighted by Gasteiger charge is 2.28. The molecule has 2 aromatic carbocycles. The Morgan fingerprint density at radius 1 is 1.08 bits per heavy atom. The van der Waals surface area contributed by atoms with E-state index in [1.165, 1.54) is 17.3 Å². The number of carbonyl (C=O) groups is 2. The van der Waals surface area contributed by atoms with E-state index < -0.39 is 0 Å².